The molecule has 6 heteroatoms. The molecular formula is C16H18N2O3Si. The number of rotatable bonds is 2. The van der Waals surface area contributed by atoms with E-state index in [1.807, 2.05) is 6.07 Å². The third-order valence-corrected chi connectivity index (χ3v) is 3.77. The van der Waals surface area contributed by atoms with Gasteiger partial charge in [-0.2, -0.15) is 0 Å². The molecule has 3 N–H and O–H groups in total. The van der Waals surface area contributed by atoms with Crippen molar-refractivity contribution < 1.29 is 9.90 Å². The van der Waals surface area contributed by atoms with Crippen LogP contribution in [0, 0.1) is 11.5 Å². The zero-order chi connectivity index (χ0) is 16.3. The van der Waals surface area contributed by atoms with Crippen LogP contribution in [0.3, 0.4) is 0 Å². The summed E-state index contributed by atoms with van der Waals surface area (Å²) in [6, 6.07) is 6.85. The first-order chi connectivity index (χ1) is 10.2. The van der Waals surface area contributed by atoms with E-state index < -0.39 is 14.2 Å². The first-order valence-electron chi connectivity index (χ1n) is 6.90. The van der Waals surface area contributed by atoms with Crippen LogP contribution >= 0.6 is 0 Å². The van der Waals surface area contributed by atoms with Gasteiger partial charge in [0.25, 0.3) is 0 Å². The standard InChI is InChI=1S/C16H18N2O3Si/c1-22(2,3)7-6-11-4-5-14-13(8-11)15(19)9-12(18-14)10-17-16(20)21/h4-5,8-9,17H,10H2,1-3H3,(H,18,19)(H,20,21). The van der Waals surface area contributed by atoms with Gasteiger partial charge in [-0.15, -0.1) is 5.54 Å². The Morgan fingerprint density at radius 3 is 2.68 bits per heavy atom. The van der Waals surface area contributed by atoms with Crippen LogP contribution in [0.15, 0.2) is 29.1 Å². The third-order valence-electron chi connectivity index (χ3n) is 2.90. The lowest BCUT2D eigenvalue weighted by molar-refractivity contribution is 0.194. The molecule has 0 unspecified atom stereocenters. The molecule has 0 bridgehead atoms. The number of amides is 1. The average molecular weight is 314 g/mol. The van der Waals surface area contributed by atoms with Gasteiger partial charge in [0.05, 0.1) is 6.54 Å². The molecule has 0 fully saturated rings. The smallest absolute Gasteiger partial charge is 0.404 e. The molecule has 1 heterocycles. The predicted octanol–water partition coefficient (Wildman–Crippen LogP) is 2.52. The molecule has 22 heavy (non-hydrogen) atoms. The van der Waals surface area contributed by atoms with Crippen LogP contribution < -0.4 is 10.7 Å². The van der Waals surface area contributed by atoms with Crippen LogP contribution in [0.2, 0.25) is 19.6 Å². The Morgan fingerprint density at radius 1 is 1.32 bits per heavy atom. The van der Waals surface area contributed by atoms with Crippen LogP contribution in [0.1, 0.15) is 11.3 Å². The number of fused-ring (bicyclic) bond motifs is 1. The Balaban J connectivity index is 2.40. The number of hydrogen-bond donors (Lipinski definition) is 3. The molecule has 2 aromatic rings. The van der Waals surface area contributed by atoms with Crippen LogP contribution in [-0.4, -0.2) is 24.3 Å². The molecule has 0 radical (unpaired) electrons. The fourth-order valence-corrected chi connectivity index (χ4v) is 2.42. The van der Waals surface area contributed by atoms with Crippen molar-refractivity contribution in [1.82, 2.24) is 10.3 Å². The highest BCUT2D eigenvalue weighted by atomic mass is 28.3. The second-order valence-electron chi connectivity index (χ2n) is 6.08. The summed E-state index contributed by atoms with van der Waals surface area (Å²) in [6.45, 7) is 6.55. The fraction of sp³-hybridized carbons (Fsp3) is 0.250. The predicted molar refractivity (Wildman–Crippen MR) is 89.7 cm³/mol. The molecule has 0 atom stereocenters. The largest absolute Gasteiger partial charge is 0.465 e. The molecule has 1 amide bonds. The number of benzene rings is 1. The van der Waals surface area contributed by atoms with Gasteiger partial charge in [0.15, 0.2) is 5.43 Å². The number of aromatic nitrogens is 1. The zero-order valence-electron chi connectivity index (χ0n) is 12.8. The summed E-state index contributed by atoms with van der Waals surface area (Å²) in [6.07, 6.45) is -1.13. The lowest BCUT2D eigenvalue weighted by Gasteiger charge is -2.06. The van der Waals surface area contributed by atoms with Crippen molar-refractivity contribution in [1.29, 1.82) is 0 Å². The number of H-pyrrole nitrogens is 1. The van der Waals surface area contributed by atoms with Crippen molar-refractivity contribution in [3.05, 3.63) is 45.7 Å². The lowest BCUT2D eigenvalue weighted by atomic mass is 10.1. The van der Waals surface area contributed by atoms with Crippen molar-refractivity contribution in [2.45, 2.75) is 26.2 Å². The summed E-state index contributed by atoms with van der Waals surface area (Å²) < 4.78 is 0. The highest BCUT2D eigenvalue weighted by Gasteiger charge is 2.08. The van der Waals surface area contributed by atoms with Gasteiger partial charge in [-0.25, -0.2) is 4.79 Å². The highest BCUT2D eigenvalue weighted by Crippen LogP contribution is 2.11. The van der Waals surface area contributed by atoms with Crippen molar-refractivity contribution in [3.8, 4) is 11.5 Å². The first-order valence-corrected chi connectivity index (χ1v) is 10.4. The zero-order valence-corrected chi connectivity index (χ0v) is 13.8. The minimum Gasteiger partial charge on any atom is -0.465 e. The van der Waals surface area contributed by atoms with Crippen molar-refractivity contribution in [2.75, 3.05) is 0 Å². The van der Waals surface area contributed by atoms with Gasteiger partial charge in [0, 0.05) is 28.2 Å². The topological polar surface area (TPSA) is 82.2 Å². The van der Waals surface area contributed by atoms with E-state index in [2.05, 4.69) is 41.4 Å². The van der Waals surface area contributed by atoms with E-state index in [9.17, 15) is 9.59 Å². The van der Waals surface area contributed by atoms with Gasteiger partial charge in [-0.05, 0) is 18.2 Å². The number of carboxylic acid groups (broad SMARTS) is 1. The minimum absolute atomic E-state index is 0.0672. The Bertz CT molecular complexity index is 838. The summed E-state index contributed by atoms with van der Waals surface area (Å²) in [4.78, 5) is 25.7. The summed E-state index contributed by atoms with van der Waals surface area (Å²) in [7, 11) is -1.46. The molecule has 1 aromatic carbocycles. The Kier molecular flexibility index (Phi) is 4.38. The van der Waals surface area contributed by atoms with Gasteiger partial charge in [0.1, 0.15) is 8.07 Å². The maximum atomic E-state index is 12.2. The summed E-state index contributed by atoms with van der Waals surface area (Å²) in [5.41, 5.74) is 5.14. The number of hydrogen-bond acceptors (Lipinski definition) is 2. The minimum atomic E-state index is -1.46. The molecule has 5 nitrogen and oxygen atoms in total. The molecule has 114 valence electrons. The Hall–Kier alpha value is -2.52. The van der Waals surface area contributed by atoms with E-state index >= 15 is 0 Å². The fourth-order valence-electron chi connectivity index (χ4n) is 1.91. The summed E-state index contributed by atoms with van der Waals surface area (Å²) >= 11 is 0. The van der Waals surface area contributed by atoms with Gasteiger partial charge in [-0.1, -0.05) is 25.6 Å². The number of carbonyl (C=O) groups is 1. The van der Waals surface area contributed by atoms with E-state index in [4.69, 9.17) is 5.11 Å². The van der Waals surface area contributed by atoms with E-state index in [1.165, 1.54) is 6.07 Å². The van der Waals surface area contributed by atoms with Crippen LogP contribution in [0.5, 0.6) is 0 Å². The Labute approximate surface area is 129 Å². The molecule has 0 aliphatic carbocycles. The second-order valence-corrected chi connectivity index (χ2v) is 10.8. The summed E-state index contributed by atoms with van der Waals surface area (Å²) in [5, 5.41) is 11.4. The monoisotopic (exact) mass is 314 g/mol. The average Bonchev–Trinajstić information content (AvgIpc) is 2.42. The van der Waals surface area contributed by atoms with Gasteiger partial charge >= 0.3 is 6.09 Å². The summed E-state index contributed by atoms with van der Waals surface area (Å²) in [5.74, 6) is 3.13. The maximum Gasteiger partial charge on any atom is 0.404 e. The molecule has 0 aliphatic heterocycles. The molecule has 0 spiro atoms. The van der Waals surface area contributed by atoms with Gasteiger partial charge < -0.3 is 15.4 Å². The molecule has 0 saturated carbocycles. The van der Waals surface area contributed by atoms with E-state index in [1.54, 1.807) is 12.1 Å². The molecule has 0 aliphatic rings. The molecular weight excluding hydrogens is 296 g/mol. The van der Waals surface area contributed by atoms with Crippen molar-refractivity contribution in [3.63, 3.8) is 0 Å². The maximum absolute atomic E-state index is 12.2. The van der Waals surface area contributed by atoms with Crippen LogP contribution in [0.4, 0.5) is 4.79 Å². The molecule has 0 saturated heterocycles. The highest BCUT2D eigenvalue weighted by molar-refractivity contribution is 6.83. The Morgan fingerprint density at radius 2 is 2.05 bits per heavy atom. The molecule has 1 aromatic heterocycles. The van der Waals surface area contributed by atoms with Crippen molar-refractivity contribution in [2.24, 2.45) is 0 Å². The first kappa shape index (κ1) is 15.9. The van der Waals surface area contributed by atoms with E-state index in [0.717, 1.165) is 5.56 Å². The van der Waals surface area contributed by atoms with E-state index in [0.29, 0.717) is 16.6 Å². The third kappa shape index (κ3) is 4.23. The number of aromatic amines is 1. The van der Waals surface area contributed by atoms with Crippen LogP contribution in [-0.2, 0) is 6.54 Å². The van der Waals surface area contributed by atoms with Crippen LogP contribution in [0.25, 0.3) is 10.9 Å². The normalized spacial score (nSPS) is 10.9. The van der Waals surface area contributed by atoms with Gasteiger partial charge in [0.2, 0.25) is 0 Å². The SMILES string of the molecule is C[Si](C)(C)C#Cc1ccc2[nH]c(CNC(=O)O)cc(=O)c2c1. The van der Waals surface area contributed by atoms with Gasteiger partial charge in [-0.3, -0.25) is 4.79 Å². The van der Waals surface area contributed by atoms with E-state index in [-0.39, 0.29) is 12.0 Å². The lowest BCUT2D eigenvalue weighted by Crippen LogP contribution is -2.21. The second kappa shape index (κ2) is 6.08. The van der Waals surface area contributed by atoms with Crippen molar-refractivity contribution >= 4 is 25.1 Å². The number of pyridine rings is 1. The quantitative estimate of drug-likeness (QED) is 0.588. The number of nitrogens with one attached hydrogen (secondary N) is 2. The molecule has 2 rings (SSSR count).